The Morgan fingerprint density at radius 2 is 2.20 bits per heavy atom. The van der Waals surface area contributed by atoms with Crippen molar-refractivity contribution in [1.29, 1.82) is 0 Å². The van der Waals surface area contributed by atoms with E-state index in [4.69, 9.17) is 11.5 Å². The third-order valence-electron chi connectivity index (χ3n) is 2.16. The monoisotopic (exact) mass is 205 g/mol. The Balaban J connectivity index is 2.34. The van der Waals surface area contributed by atoms with Crippen molar-refractivity contribution in [3.8, 4) is 0 Å². The van der Waals surface area contributed by atoms with E-state index in [0.717, 1.165) is 18.5 Å². The van der Waals surface area contributed by atoms with E-state index in [1.165, 1.54) is 5.56 Å². The Morgan fingerprint density at radius 3 is 2.87 bits per heavy atom. The van der Waals surface area contributed by atoms with Crippen molar-refractivity contribution < 1.29 is 0 Å². The Kier molecular flexibility index (Phi) is 5.04. The molecule has 0 bridgehead atoms. The van der Waals surface area contributed by atoms with E-state index in [-0.39, 0.29) is 6.17 Å². The van der Waals surface area contributed by atoms with Crippen molar-refractivity contribution >= 4 is 6.08 Å². The molecule has 0 saturated carbocycles. The molecule has 1 aromatic carbocycles. The highest BCUT2D eigenvalue weighted by Crippen LogP contribution is 2.06. The largest absolute Gasteiger partial charge is 0.315 e. The van der Waals surface area contributed by atoms with Crippen molar-refractivity contribution in [2.45, 2.75) is 12.6 Å². The highest BCUT2D eigenvalue weighted by molar-refractivity contribution is 5.47. The summed E-state index contributed by atoms with van der Waals surface area (Å²) < 4.78 is 0. The van der Waals surface area contributed by atoms with Crippen LogP contribution in [0, 0.1) is 0 Å². The molecule has 0 radical (unpaired) electrons. The Labute approximate surface area is 91.2 Å². The van der Waals surface area contributed by atoms with E-state index in [1.54, 1.807) is 0 Å². The predicted molar refractivity (Wildman–Crippen MR) is 65.3 cm³/mol. The lowest BCUT2D eigenvalue weighted by molar-refractivity contribution is 0.592. The molecule has 0 aliphatic heterocycles. The maximum Gasteiger partial charge on any atom is 0.0649 e. The van der Waals surface area contributed by atoms with Gasteiger partial charge in [0.2, 0.25) is 0 Å². The van der Waals surface area contributed by atoms with Gasteiger partial charge in [-0.3, -0.25) is 0 Å². The highest BCUT2D eigenvalue weighted by Gasteiger charge is 1.95. The highest BCUT2D eigenvalue weighted by atomic mass is 15.0. The normalized spacial score (nSPS) is 10.6. The number of nitrogens with one attached hydrogen (secondary N) is 1. The Morgan fingerprint density at radius 1 is 1.40 bits per heavy atom. The van der Waals surface area contributed by atoms with E-state index in [0.29, 0.717) is 6.54 Å². The summed E-state index contributed by atoms with van der Waals surface area (Å²) in [5.41, 5.74) is 13.3. The molecule has 0 aliphatic carbocycles. The number of rotatable bonds is 6. The lowest BCUT2D eigenvalue weighted by atomic mass is 10.1. The molecule has 0 aliphatic rings. The lowest BCUT2D eigenvalue weighted by Gasteiger charge is -2.07. The van der Waals surface area contributed by atoms with Crippen molar-refractivity contribution in [2.75, 3.05) is 13.1 Å². The van der Waals surface area contributed by atoms with Crippen LogP contribution < -0.4 is 16.8 Å². The second-order valence-electron chi connectivity index (χ2n) is 3.57. The average Bonchev–Trinajstić information content (AvgIpc) is 2.24. The van der Waals surface area contributed by atoms with Gasteiger partial charge in [0.1, 0.15) is 0 Å². The van der Waals surface area contributed by atoms with Crippen LogP contribution in [0.3, 0.4) is 0 Å². The van der Waals surface area contributed by atoms with Gasteiger partial charge < -0.3 is 16.8 Å². The van der Waals surface area contributed by atoms with Gasteiger partial charge in [0.05, 0.1) is 6.17 Å². The molecule has 0 amide bonds. The van der Waals surface area contributed by atoms with E-state index in [1.807, 2.05) is 18.2 Å². The van der Waals surface area contributed by atoms with Crippen molar-refractivity contribution in [2.24, 2.45) is 11.5 Å². The van der Waals surface area contributed by atoms with Crippen LogP contribution in [-0.2, 0) is 6.42 Å². The minimum Gasteiger partial charge on any atom is -0.315 e. The predicted octanol–water partition coefficient (Wildman–Crippen LogP) is 0.705. The molecule has 0 heterocycles. The van der Waals surface area contributed by atoms with Gasteiger partial charge >= 0.3 is 0 Å². The summed E-state index contributed by atoms with van der Waals surface area (Å²) in [6.45, 7) is 5.29. The average molecular weight is 205 g/mol. The molecule has 0 aromatic heterocycles. The SMILES string of the molecule is C=Cc1cccc(CCNCC(N)N)c1. The molecule has 82 valence electrons. The maximum absolute atomic E-state index is 5.42. The van der Waals surface area contributed by atoms with Crippen LogP contribution in [0.4, 0.5) is 0 Å². The first-order chi connectivity index (χ1) is 7.22. The van der Waals surface area contributed by atoms with Gasteiger partial charge in [-0.25, -0.2) is 0 Å². The first-order valence-corrected chi connectivity index (χ1v) is 5.15. The van der Waals surface area contributed by atoms with Crippen molar-refractivity contribution in [1.82, 2.24) is 5.32 Å². The van der Waals surface area contributed by atoms with Crippen LogP contribution in [-0.4, -0.2) is 19.3 Å². The summed E-state index contributed by atoms with van der Waals surface area (Å²) in [5.74, 6) is 0. The van der Waals surface area contributed by atoms with Crippen LogP contribution in [0.1, 0.15) is 11.1 Å². The molecule has 5 N–H and O–H groups in total. The standard InChI is InChI=1S/C12H19N3/c1-2-10-4-3-5-11(8-10)6-7-15-9-12(13)14/h2-5,8,12,15H,1,6-7,9,13-14H2. The minimum atomic E-state index is -0.274. The van der Waals surface area contributed by atoms with Gasteiger partial charge in [-0.15, -0.1) is 0 Å². The number of hydrogen-bond acceptors (Lipinski definition) is 3. The second-order valence-corrected chi connectivity index (χ2v) is 3.57. The third kappa shape index (κ3) is 4.74. The molecule has 3 nitrogen and oxygen atoms in total. The van der Waals surface area contributed by atoms with E-state index in [2.05, 4.69) is 24.0 Å². The van der Waals surface area contributed by atoms with Gasteiger partial charge in [0.25, 0.3) is 0 Å². The molecule has 15 heavy (non-hydrogen) atoms. The lowest BCUT2D eigenvalue weighted by Crippen LogP contribution is -2.41. The zero-order valence-corrected chi connectivity index (χ0v) is 8.95. The molecule has 0 saturated heterocycles. The first kappa shape index (κ1) is 11.9. The van der Waals surface area contributed by atoms with Crippen molar-refractivity contribution in [3.63, 3.8) is 0 Å². The molecule has 0 unspecified atom stereocenters. The summed E-state index contributed by atoms with van der Waals surface area (Å²) in [7, 11) is 0. The fourth-order valence-electron chi connectivity index (χ4n) is 1.38. The van der Waals surface area contributed by atoms with E-state index < -0.39 is 0 Å². The summed E-state index contributed by atoms with van der Waals surface area (Å²) in [6.07, 6.45) is 2.56. The van der Waals surface area contributed by atoms with E-state index >= 15 is 0 Å². The van der Waals surface area contributed by atoms with Crippen LogP contribution >= 0.6 is 0 Å². The van der Waals surface area contributed by atoms with Crippen LogP contribution in [0.25, 0.3) is 6.08 Å². The van der Waals surface area contributed by atoms with Gasteiger partial charge in [-0.05, 0) is 24.1 Å². The van der Waals surface area contributed by atoms with Crippen LogP contribution in [0.15, 0.2) is 30.8 Å². The fourth-order valence-corrected chi connectivity index (χ4v) is 1.38. The molecule has 1 aromatic rings. The summed E-state index contributed by atoms with van der Waals surface area (Å²) in [5, 5.41) is 3.19. The smallest absolute Gasteiger partial charge is 0.0649 e. The van der Waals surface area contributed by atoms with Gasteiger partial charge in [0.15, 0.2) is 0 Å². The van der Waals surface area contributed by atoms with Gasteiger partial charge in [0, 0.05) is 6.54 Å². The number of hydrogen-bond donors (Lipinski definition) is 3. The molecule has 0 fully saturated rings. The number of benzene rings is 1. The minimum absolute atomic E-state index is 0.274. The van der Waals surface area contributed by atoms with E-state index in [9.17, 15) is 0 Å². The van der Waals surface area contributed by atoms with Crippen LogP contribution in [0.2, 0.25) is 0 Å². The molecule has 0 spiro atoms. The number of nitrogens with two attached hydrogens (primary N) is 2. The molecular formula is C12H19N3. The van der Waals surface area contributed by atoms with Crippen LogP contribution in [0.5, 0.6) is 0 Å². The van der Waals surface area contributed by atoms with Gasteiger partial charge in [-0.2, -0.15) is 0 Å². The zero-order valence-electron chi connectivity index (χ0n) is 8.95. The first-order valence-electron chi connectivity index (χ1n) is 5.15. The Bertz CT molecular complexity index is 307. The second kappa shape index (κ2) is 6.35. The summed E-state index contributed by atoms with van der Waals surface area (Å²) in [6, 6.07) is 8.33. The van der Waals surface area contributed by atoms with Crippen molar-refractivity contribution in [3.05, 3.63) is 42.0 Å². The zero-order chi connectivity index (χ0) is 11.1. The fraction of sp³-hybridized carbons (Fsp3) is 0.333. The molecule has 1 rings (SSSR count). The topological polar surface area (TPSA) is 64.1 Å². The third-order valence-corrected chi connectivity index (χ3v) is 2.16. The maximum atomic E-state index is 5.42. The molecular weight excluding hydrogens is 186 g/mol. The quantitative estimate of drug-likeness (QED) is 0.473. The molecule has 0 atom stereocenters. The Hall–Kier alpha value is -1.16. The summed E-state index contributed by atoms with van der Waals surface area (Å²) in [4.78, 5) is 0. The van der Waals surface area contributed by atoms with Gasteiger partial charge in [-0.1, -0.05) is 36.9 Å². The molecule has 3 heteroatoms. The summed E-state index contributed by atoms with van der Waals surface area (Å²) >= 11 is 0.